The molecule has 0 bridgehead atoms. The molecule has 0 aliphatic carbocycles. The van der Waals surface area contributed by atoms with Gasteiger partial charge < -0.3 is 24.6 Å². The van der Waals surface area contributed by atoms with E-state index in [2.05, 4.69) is 5.32 Å². The Kier molecular flexibility index (Phi) is 6.43. The lowest BCUT2D eigenvalue weighted by Crippen LogP contribution is -2.35. The Morgan fingerprint density at radius 3 is 2.27 bits per heavy atom. The van der Waals surface area contributed by atoms with Crippen LogP contribution in [0.1, 0.15) is 22.8 Å². The normalized spacial score (nSPS) is 11.3. The summed E-state index contributed by atoms with van der Waals surface area (Å²) in [7, 11) is 3.02. The van der Waals surface area contributed by atoms with E-state index in [1.165, 1.54) is 32.2 Å². The van der Waals surface area contributed by atoms with Gasteiger partial charge in [0, 0.05) is 6.54 Å². The number of hydrogen-bond acceptors (Lipinski definition) is 6. The molecule has 2 aromatic carbocycles. The molecule has 26 heavy (non-hydrogen) atoms. The highest BCUT2D eigenvalue weighted by Gasteiger charge is 2.21. The molecule has 1 atom stereocenters. The average Bonchev–Trinajstić information content (AvgIpc) is 2.66. The molecular weight excluding hydrogens is 338 g/mol. The van der Waals surface area contributed by atoms with Gasteiger partial charge in [0.05, 0.1) is 14.2 Å². The molecule has 7 heteroatoms. The van der Waals surface area contributed by atoms with Gasteiger partial charge in [0.2, 0.25) is 0 Å². The molecule has 7 nitrogen and oxygen atoms in total. The number of nitrogens with one attached hydrogen (secondary N) is 1. The van der Waals surface area contributed by atoms with Crippen molar-refractivity contribution in [1.82, 2.24) is 5.32 Å². The largest absolute Gasteiger partial charge is 0.507 e. The van der Waals surface area contributed by atoms with Crippen LogP contribution in [0.15, 0.2) is 42.5 Å². The van der Waals surface area contributed by atoms with Gasteiger partial charge in [-0.2, -0.15) is 0 Å². The van der Waals surface area contributed by atoms with Crippen LogP contribution >= 0.6 is 0 Å². The summed E-state index contributed by atoms with van der Waals surface area (Å²) in [6.07, 6.45) is -1.02. The van der Waals surface area contributed by atoms with Crippen molar-refractivity contribution in [3.63, 3.8) is 0 Å². The highest BCUT2D eigenvalue weighted by atomic mass is 16.5. The van der Waals surface area contributed by atoms with Crippen LogP contribution in [-0.4, -0.2) is 37.3 Å². The molecule has 0 aliphatic rings. The first kappa shape index (κ1) is 19.1. The number of ether oxygens (including phenoxy) is 3. The fourth-order valence-electron chi connectivity index (χ4n) is 2.16. The number of phenolic OH excluding ortho intramolecular Hbond substituents is 1. The zero-order chi connectivity index (χ0) is 19.1. The van der Waals surface area contributed by atoms with Gasteiger partial charge in [-0.25, -0.2) is 4.79 Å². The Hall–Kier alpha value is -3.22. The van der Waals surface area contributed by atoms with E-state index >= 15 is 0 Å². The predicted molar refractivity (Wildman–Crippen MR) is 94.4 cm³/mol. The Bertz CT molecular complexity index is 772. The minimum atomic E-state index is -1.02. The summed E-state index contributed by atoms with van der Waals surface area (Å²) in [5.41, 5.74) is 0.808. The fourth-order valence-corrected chi connectivity index (χ4v) is 2.16. The van der Waals surface area contributed by atoms with Crippen molar-refractivity contribution in [2.75, 3.05) is 14.2 Å². The SMILES string of the molecule is COc1ccc(CNC(=O)[C@@H](C)OC(=O)c2cc(OC)ccc2O)cc1. The number of benzene rings is 2. The van der Waals surface area contributed by atoms with Gasteiger partial charge in [-0.1, -0.05) is 12.1 Å². The summed E-state index contributed by atoms with van der Waals surface area (Å²) in [5.74, 6) is -0.390. The molecule has 0 saturated carbocycles. The molecule has 1 amide bonds. The van der Waals surface area contributed by atoms with E-state index in [1.807, 2.05) is 12.1 Å². The number of methoxy groups -OCH3 is 2. The van der Waals surface area contributed by atoms with Crippen molar-refractivity contribution in [2.45, 2.75) is 19.6 Å². The minimum Gasteiger partial charge on any atom is -0.507 e. The molecule has 0 saturated heterocycles. The van der Waals surface area contributed by atoms with Crippen LogP contribution in [0.3, 0.4) is 0 Å². The number of carbonyl (C=O) groups is 2. The second-order valence-corrected chi connectivity index (χ2v) is 5.50. The number of aromatic hydroxyl groups is 1. The monoisotopic (exact) mass is 359 g/mol. The molecular formula is C19H21NO6. The van der Waals surface area contributed by atoms with Crippen molar-refractivity contribution < 1.29 is 28.9 Å². The van der Waals surface area contributed by atoms with Crippen LogP contribution in [0, 0.1) is 0 Å². The van der Waals surface area contributed by atoms with Crippen molar-refractivity contribution in [3.8, 4) is 17.2 Å². The van der Waals surface area contributed by atoms with Crippen molar-refractivity contribution in [3.05, 3.63) is 53.6 Å². The Morgan fingerprint density at radius 2 is 1.65 bits per heavy atom. The molecule has 138 valence electrons. The van der Waals surface area contributed by atoms with E-state index in [1.54, 1.807) is 19.2 Å². The molecule has 0 fully saturated rings. The van der Waals surface area contributed by atoms with Crippen LogP contribution in [0.2, 0.25) is 0 Å². The van der Waals surface area contributed by atoms with E-state index < -0.39 is 18.0 Å². The Balaban J connectivity index is 1.92. The molecule has 0 heterocycles. The van der Waals surface area contributed by atoms with Crippen molar-refractivity contribution in [2.24, 2.45) is 0 Å². The maximum Gasteiger partial charge on any atom is 0.342 e. The summed E-state index contributed by atoms with van der Waals surface area (Å²) in [6, 6.07) is 11.4. The minimum absolute atomic E-state index is 0.0702. The zero-order valence-corrected chi connectivity index (χ0v) is 14.8. The van der Waals surface area contributed by atoms with Gasteiger partial charge in [-0.05, 0) is 42.8 Å². The number of hydrogen-bond donors (Lipinski definition) is 2. The number of carbonyl (C=O) groups excluding carboxylic acids is 2. The molecule has 0 aliphatic heterocycles. The number of esters is 1. The van der Waals surface area contributed by atoms with Crippen LogP contribution < -0.4 is 14.8 Å². The van der Waals surface area contributed by atoms with E-state index in [0.717, 1.165) is 11.3 Å². The molecule has 0 radical (unpaired) electrons. The van der Waals surface area contributed by atoms with Gasteiger partial charge in [0.25, 0.3) is 5.91 Å². The molecule has 0 aromatic heterocycles. The zero-order valence-electron chi connectivity index (χ0n) is 14.8. The van der Waals surface area contributed by atoms with Crippen LogP contribution in [0.25, 0.3) is 0 Å². The Labute approximate surface area is 151 Å². The molecule has 0 spiro atoms. The van der Waals surface area contributed by atoms with Crippen LogP contribution in [0.4, 0.5) is 0 Å². The van der Waals surface area contributed by atoms with Crippen LogP contribution in [0.5, 0.6) is 17.2 Å². The third-order valence-corrected chi connectivity index (χ3v) is 3.70. The quantitative estimate of drug-likeness (QED) is 0.737. The van der Waals surface area contributed by atoms with Gasteiger partial charge in [-0.3, -0.25) is 4.79 Å². The van der Waals surface area contributed by atoms with Gasteiger partial charge in [0.1, 0.15) is 22.8 Å². The topological polar surface area (TPSA) is 94.1 Å². The first-order valence-electron chi connectivity index (χ1n) is 7.93. The lowest BCUT2D eigenvalue weighted by molar-refractivity contribution is -0.129. The summed E-state index contributed by atoms with van der Waals surface area (Å²) in [4.78, 5) is 24.3. The van der Waals surface area contributed by atoms with Crippen molar-refractivity contribution >= 4 is 11.9 Å². The molecule has 2 rings (SSSR count). The summed E-state index contributed by atoms with van der Waals surface area (Å²) in [6.45, 7) is 1.74. The van der Waals surface area contributed by atoms with E-state index in [9.17, 15) is 14.7 Å². The first-order chi connectivity index (χ1) is 12.4. The van der Waals surface area contributed by atoms with Gasteiger partial charge in [-0.15, -0.1) is 0 Å². The fraction of sp³-hybridized carbons (Fsp3) is 0.263. The number of phenols is 1. The Morgan fingerprint density at radius 1 is 1.04 bits per heavy atom. The number of rotatable bonds is 7. The maximum absolute atomic E-state index is 12.2. The van der Waals surface area contributed by atoms with E-state index in [0.29, 0.717) is 5.75 Å². The predicted octanol–water partition coefficient (Wildman–Crippen LogP) is 2.27. The smallest absolute Gasteiger partial charge is 0.342 e. The lowest BCUT2D eigenvalue weighted by Gasteiger charge is -2.14. The second-order valence-electron chi connectivity index (χ2n) is 5.50. The van der Waals surface area contributed by atoms with Crippen LogP contribution in [-0.2, 0) is 16.1 Å². The summed E-state index contributed by atoms with van der Waals surface area (Å²) in [5, 5.41) is 12.5. The highest BCUT2D eigenvalue weighted by molar-refractivity contribution is 5.95. The van der Waals surface area contributed by atoms with Crippen molar-refractivity contribution in [1.29, 1.82) is 0 Å². The standard InChI is InChI=1S/C19H21NO6/c1-12(18(22)20-11-13-4-6-14(24-2)7-5-13)26-19(23)16-10-15(25-3)8-9-17(16)21/h4-10,12,21H,11H2,1-3H3,(H,20,22)/t12-/m1/s1. The van der Waals surface area contributed by atoms with E-state index in [4.69, 9.17) is 14.2 Å². The average molecular weight is 359 g/mol. The summed E-state index contributed by atoms with van der Waals surface area (Å²) < 4.78 is 15.2. The number of amides is 1. The van der Waals surface area contributed by atoms with Gasteiger partial charge in [0.15, 0.2) is 6.10 Å². The maximum atomic E-state index is 12.2. The molecule has 0 unspecified atom stereocenters. The van der Waals surface area contributed by atoms with Gasteiger partial charge >= 0.3 is 5.97 Å². The van der Waals surface area contributed by atoms with E-state index in [-0.39, 0.29) is 17.9 Å². The molecule has 2 aromatic rings. The highest BCUT2D eigenvalue weighted by Crippen LogP contribution is 2.24. The lowest BCUT2D eigenvalue weighted by atomic mass is 10.2. The first-order valence-corrected chi connectivity index (χ1v) is 7.93. The summed E-state index contributed by atoms with van der Waals surface area (Å²) >= 11 is 0. The second kappa shape index (κ2) is 8.75. The third-order valence-electron chi connectivity index (χ3n) is 3.70. The third kappa shape index (κ3) is 4.89. The molecule has 2 N–H and O–H groups in total.